The molecule has 1 unspecified atom stereocenters. The molecule has 1 atom stereocenters. The van der Waals surface area contributed by atoms with Gasteiger partial charge in [0.25, 0.3) is 0 Å². The van der Waals surface area contributed by atoms with Gasteiger partial charge in [0.1, 0.15) is 6.04 Å². The Kier molecular flexibility index (Phi) is 5.38. The Hall–Kier alpha value is -2.23. The zero-order valence-electron chi connectivity index (χ0n) is 10.8. The number of nitriles is 1. The standard InChI is InChI=1S/C13H14F3N3O/c1-2-3-11(8-17)19-12(20)18-10-6-4-9(5-7-10)13(14,15)16/h4-7,11H,2-3H2,1H3,(H2,18,19,20). The van der Waals surface area contributed by atoms with Crippen LogP contribution >= 0.6 is 0 Å². The Balaban J connectivity index is 2.61. The highest BCUT2D eigenvalue weighted by Crippen LogP contribution is 2.29. The van der Waals surface area contributed by atoms with Gasteiger partial charge in [-0.25, -0.2) is 4.79 Å². The van der Waals surface area contributed by atoms with E-state index in [1.54, 1.807) is 0 Å². The fraction of sp³-hybridized carbons (Fsp3) is 0.385. The average molecular weight is 285 g/mol. The van der Waals surface area contributed by atoms with Crippen molar-refractivity contribution in [3.8, 4) is 6.07 Å². The van der Waals surface area contributed by atoms with E-state index >= 15 is 0 Å². The maximum Gasteiger partial charge on any atom is 0.416 e. The molecule has 2 amide bonds. The molecule has 4 nitrogen and oxygen atoms in total. The zero-order valence-corrected chi connectivity index (χ0v) is 10.8. The summed E-state index contributed by atoms with van der Waals surface area (Å²) in [5.74, 6) is 0. The molecule has 0 heterocycles. The number of benzene rings is 1. The third-order valence-electron chi connectivity index (χ3n) is 2.51. The summed E-state index contributed by atoms with van der Waals surface area (Å²) >= 11 is 0. The van der Waals surface area contributed by atoms with E-state index in [1.807, 2.05) is 13.0 Å². The lowest BCUT2D eigenvalue weighted by molar-refractivity contribution is -0.137. The smallest absolute Gasteiger partial charge is 0.322 e. The topological polar surface area (TPSA) is 64.9 Å². The molecule has 108 valence electrons. The van der Waals surface area contributed by atoms with Crippen LogP contribution in [-0.4, -0.2) is 12.1 Å². The van der Waals surface area contributed by atoms with Gasteiger partial charge in [0.2, 0.25) is 0 Å². The number of anilines is 1. The van der Waals surface area contributed by atoms with Crippen LogP contribution in [0.3, 0.4) is 0 Å². The summed E-state index contributed by atoms with van der Waals surface area (Å²) in [4.78, 5) is 11.5. The molecule has 1 aromatic rings. The van der Waals surface area contributed by atoms with Crippen molar-refractivity contribution in [3.05, 3.63) is 29.8 Å². The van der Waals surface area contributed by atoms with Crippen molar-refractivity contribution < 1.29 is 18.0 Å². The third kappa shape index (κ3) is 4.80. The van der Waals surface area contributed by atoms with E-state index in [0.29, 0.717) is 6.42 Å². The molecule has 0 aliphatic heterocycles. The van der Waals surface area contributed by atoms with E-state index in [-0.39, 0.29) is 5.69 Å². The number of alkyl halides is 3. The molecule has 2 N–H and O–H groups in total. The molecule has 0 aliphatic carbocycles. The van der Waals surface area contributed by atoms with E-state index in [1.165, 1.54) is 0 Å². The molecule has 0 fully saturated rings. The number of hydrogen-bond acceptors (Lipinski definition) is 2. The summed E-state index contributed by atoms with van der Waals surface area (Å²) in [6.45, 7) is 1.87. The zero-order chi connectivity index (χ0) is 15.2. The molecule has 0 saturated heterocycles. The number of rotatable bonds is 4. The number of nitrogens with zero attached hydrogens (tertiary/aromatic N) is 1. The van der Waals surface area contributed by atoms with Gasteiger partial charge in [-0.05, 0) is 30.7 Å². The van der Waals surface area contributed by atoms with Crippen LogP contribution in [-0.2, 0) is 6.18 Å². The summed E-state index contributed by atoms with van der Waals surface area (Å²) in [5.41, 5.74) is -0.562. The minimum absolute atomic E-state index is 0.226. The van der Waals surface area contributed by atoms with Crippen molar-refractivity contribution >= 4 is 11.7 Å². The van der Waals surface area contributed by atoms with Crippen LogP contribution in [0.5, 0.6) is 0 Å². The first kappa shape index (κ1) is 15.8. The van der Waals surface area contributed by atoms with Crippen LogP contribution in [0.2, 0.25) is 0 Å². The Bertz CT molecular complexity index is 491. The molecule has 0 spiro atoms. The molecule has 0 aliphatic rings. The molecule has 0 aromatic heterocycles. The number of hydrogen-bond donors (Lipinski definition) is 2. The minimum Gasteiger partial charge on any atom is -0.322 e. The fourth-order valence-corrected chi connectivity index (χ4v) is 1.53. The van der Waals surface area contributed by atoms with Gasteiger partial charge >= 0.3 is 12.2 Å². The number of amides is 2. The quantitative estimate of drug-likeness (QED) is 0.889. The first-order valence-corrected chi connectivity index (χ1v) is 6.01. The predicted molar refractivity (Wildman–Crippen MR) is 67.9 cm³/mol. The lowest BCUT2D eigenvalue weighted by Gasteiger charge is -2.12. The summed E-state index contributed by atoms with van der Waals surface area (Å²) < 4.78 is 37.0. The highest BCUT2D eigenvalue weighted by atomic mass is 19.4. The van der Waals surface area contributed by atoms with Crippen molar-refractivity contribution in [2.45, 2.75) is 32.0 Å². The SMILES string of the molecule is CCCC(C#N)NC(=O)Nc1ccc(C(F)(F)F)cc1. The number of carbonyl (C=O) groups excluding carboxylic acids is 1. The van der Waals surface area contributed by atoms with Gasteiger partial charge in [-0.3, -0.25) is 0 Å². The van der Waals surface area contributed by atoms with Gasteiger partial charge in [-0.2, -0.15) is 18.4 Å². The molecule has 0 radical (unpaired) electrons. The maximum atomic E-state index is 12.3. The average Bonchev–Trinajstić information content (AvgIpc) is 2.37. The van der Waals surface area contributed by atoms with Crippen LogP contribution in [0, 0.1) is 11.3 Å². The van der Waals surface area contributed by atoms with Crippen molar-refractivity contribution in [3.63, 3.8) is 0 Å². The minimum atomic E-state index is -4.41. The molecular formula is C13H14F3N3O. The second kappa shape index (κ2) is 6.80. The molecule has 20 heavy (non-hydrogen) atoms. The Morgan fingerprint density at radius 2 is 1.95 bits per heavy atom. The largest absolute Gasteiger partial charge is 0.416 e. The van der Waals surface area contributed by atoms with Crippen molar-refractivity contribution in [1.29, 1.82) is 5.26 Å². The van der Waals surface area contributed by atoms with Crippen molar-refractivity contribution in [1.82, 2.24) is 5.32 Å². The van der Waals surface area contributed by atoms with Gasteiger partial charge in [0, 0.05) is 5.69 Å². The van der Waals surface area contributed by atoms with E-state index in [4.69, 9.17) is 5.26 Å². The fourth-order valence-electron chi connectivity index (χ4n) is 1.53. The maximum absolute atomic E-state index is 12.3. The first-order chi connectivity index (χ1) is 9.36. The van der Waals surface area contributed by atoms with Crippen LogP contribution < -0.4 is 10.6 Å². The van der Waals surface area contributed by atoms with Gasteiger partial charge in [0.15, 0.2) is 0 Å². The monoisotopic (exact) mass is 285 g/mol. The van der Waals surface area contributed by atoms with E-state index in [9.17, 15) is 18.0 Å². The summed E-state index contributed by atoms with van der Waals surface area (Å²) in [5, 5.41) is 13.6. The molecule has 0 saturated carbocycles. The van der Waals surface area contributed by atoms with Gasteiger partial charge in [0.05, 0.1) is 11.6 Å². The Labute approximate surface area is 114 Å². The van der Waals surface area contributed by atoms with Crippen molar-refractivity contribution in [2.24, 2.45) is 0 Å². The van der Waals surface area contributed by atoms with Crippen LogP contribution in [0.25, 0.3) is 0 Å². The number of carbonyl (C=O) groups is 1. The first-order valence-electron chi connectivity index (χ1n) is 6.01. The van der Waals surface area contributed by atoms with E-state index in [0.717, 1.165) is 30.7 Å². The second-order valence-electron chi connectivity index (χ2n) is 4.14. The Morgan fingerprint density at radius 1 is 1.35 bits per heavy atom. The summed E-state index contributed by atoms with van der Waals surface area (Å²) in [6.07, 6.45) is -3.16. The summed E-state index contributed by atoms with van der Waals surface area (Å²) in [7, 11) is 0. The van der Waals surface area contributed by atoms with E-state index in [2.05, 4.69) is 10.6 Å². The van der Waals surface area contributed by atoms with Gasteiger partial charge < -0.3 is 10.6 Å². The third-order valence-corrected chi connectivity index (χ3v) is 2.51. The van der Waals surface area contributed by atoms with Gasteiger partial charge in [-0.15, -0.1) is 0 Å². The van der Waals surface area contributed by atoms with Crippen LogP contribution in [0.15, 0.2) is 24.3 Å². The van der Waals surface area contributed by atoms with Crippen LogP contribution in [0.4, 0.5) is 23.7 Å². The summed E-state index contributed by atoms with van der Waals surface area (Å²) in [6, 6.07) is 4.76. The molecular weight excluding hydrogens is 271 g/mol. The highest BCUT2D eigenvalue weighted by Gasteiger charge is 2.29. The van der Waals surface area contributed by atoms with E-state index < -0.39 is 23.8 Å². The normalized spacial score (nSPS) is 12.3. The predicted octanol–water partition coefficient (Wildman–Crippen LogP) is 3.52. The highest BCUT2D eigenvalue weighted by molar-refractivity contribution is 5.89. The molecule has 7 heteroatoms. The lowest BCUT2D eigenvalue weighted by Crippen LogP contribution is -2.36. The number of nitrogens with one attached hydrogen (secondary N) is 2. The Morgan fingerprint density at radius 3 is 2.40 bits per heavy atom. The number of halogens is 3. The second-order valence-corrected chi connectivity index (χ2v) is 4.14. The molecule has 1 rings (SSSR count). The molecule has 1 aromatic carbocycles. The van der Waals surface area contributed by atoms with Crippen molar-refractivity contribution in [2.75, 3.05) is 5.32 Å². The lowest BCUT2D eigenvalue weighted by atomic mass is 10.2. The van der Waals surface area contributed by atoms with Crippen LogP contribution in [0.1, 0.15) is 25.3 Å². The van der Waals surface area contributed by atoms with Gasteiger partial charge in [-0.1, -0.05) is 13.3 Å². The molecule has 0 bridgehead atoms. The number of urea groups is 1.